The average molecular weight is 256 g/mol. The number of nitrogens with one attached hydrogen (secondary N) is 1. The number of halogens is 5. The van der Waals surface area contributed by atoms with Gasteiger partial charge in [-0.25, -0.2) is 4.39 Å². The molecule has 0 radical (unpaired) electrons. The molecule has 1 aromatic carbocycles. The van der Waals surface area contributed by atoms with Crippen molar-refractivity contribution in [2.24, 2.45) is 0 Å². The standard InChI is InChI=1S/C10H10ClF4N/c1-6(11)5-16-9-3-2-7(4-8(9)12)10(13,14)15/h2-4,6,16H,5H2,1H3. The van der Waals surface area contributed by atoms with Gasteiger partial charge in [-0.05, 0) is 25.1 Å². The summed E-state index contributed by atoms with van der Waals surface area (Å²) in [5.41, 5.74) is -0.991. The highest BCUT2D eigenvalue weighted by Crippen LogP contribution is 2.31. The molecule has 1 rings (SSSR count). The van der Waals surface area contributed by atoms with E-state index in [1.165, 1.54) is 0 Å². The molecule has 0 saturated carbocycles. The highest BCUT2D eigenvalue weighted by atomic mass is 35.5. The van der Waals surface area contributed by atoms with Crippen LogP contribution < -0.4 is 5.32 Å². The first-order chi connectivity index (χ1) is 7.30. The van der Waals surface area contributed by atoms with Crippen LogP contribution in [0.5, 0.6) is 0 Å². The van der Waals surface area contributed by atoms with Gasteiger partial charge >= 0.3 is 6.18 Å². The van der Waals surface area contributed by atoms with Crippen LogP contribution in [0.25, 0.3) is 0 Å². The minimum Gasteiger partial charge on any atom is -0.381 e. The summed E-state index contributed by atoms with van der Waals surface area (Å²) in [7, 11) is 0. The monoisotopic (exact) mass is 255 g/mol. The summed E-state index contributed by atoms with van der Waals surface area (Å²) in [6.45, 7) is 1.97. The third-order valence-corrected chi connectivity index (χ3v) is 2.02. The van der Waals surface area contributed by atoms with Crippen LogP contribution in [-0.4, -0.2) is 11.9 Å². The molecule has 0 heterocycles. The molecule has 0 aliphatic carbocycles. The highest BCUT2D eigenvalue weighted by molar-refractivity contribution is 6.20. The van der Waals surface area contributed by atoms with Crippen LogP contribution in [-0.2, 0) is 6.18 Å². The van der Waals surface area contributed by atoms with Crippen molar-refractivity contribution in [1.29, 1.82) is 0 Å². The summed E-state index contributed by atoms with van der Waals surface area (Å²) in [4.78, 5) is 0. The molecule has 16 heavy (non-hydrogen) atoms. The van der Waals surface area contributed by atoms with Crippen LogP contribution in [0, 0.1) is 5.82 Å². The molecule has 1 aromatic rings. The zero-order valence-corrected chi connectivity index (χ0v) is 9.16. The maximum Gasteiger partial charge on any atom is 0.416 e. The van der Waals surface area contributed by atoms with Crippen LogP contribution in [0.3, 0.4) is 0 Å². The van der Waals surface area contributed by atoms with E-state index in [1.807, 2.05) is 0 Å². The van der Waals surface area contributed by atoms with E-state index in [2.05, 4.69) is 5.32 Å². The topological polar surface area (TPSA) is 12.0 Å². The van der Waals surface area contributed by atoms with Crippen LogP contribution >= 0.6 is 11.6 Å². The van der Waals surface area contributed by atoms with Gasteiger partial charge in [0, 0.05) is 11.9 Å². The third kappa shape index (κ3) is 3.56. The minimum absolute atomic E-state index is 0.0144. The number of benzene rings is 1. The van der Waals surface area contributed by atoms with E-state index in [0.29, 0.717) is 6.07 Å². The quantitative estimate of drug-likeness (QED) is 0.638. The Balaban J connectivity index is 2.84. The van der Waals surface area contributed by atoms with E-state index in [9.17, 15) is 17.6 Å². The molecular formula is C10H10ClF4N. The van der Waals surface area contributed by atoms with Crippen molar-refractivity contribution in [3.8, 4) is 0 Å². The fourth-order valence-corrected chi connectivity index (χ4v) is 1.16. The molecule has 0 aliphatic rings. The van der Waals surface area contributed by atoms with E-state index in [4.69, 9.17) is 11.6 Å². The molecule has 1 N–H and O–H groups in total. The summed E-state index contributed by atoms with van der Waals surface area (Å²) >= 11 is 5.62. The molecule has 90 valence electrons. The molecular weight excluding hydrogens is 246 g/mol. The van der Waals surface area contributed by atoms with Crippen molar-refractivity contribution in [3.63, 3.8) is 0 Å². The van der Waals surface area contributed by atoms with Gasteiger partial charge in [-0.15, -0.1) is 11.6 Å². The number of hydrogen-bond donors (Lipinski definition) is 1. The van der Waals surface area contributed by atoms with Crippen molar-refractivity contribution in [3.05, 3.63) is 29.6 Å². The third-order valence-electron chi connectivity index (χ3n) is 1.87. The van der Waals surface area contributed by atoms with Crippen LogP contribution in [0.15, 0.2) is 18.2 Å². The van der Waals surface area contributed by atoms with Crippen LogP contribution in [0.1, 0.15) is 12.5 Å². The number of rotatable bonds is 3. The largest absolute Gasteiger partial charge is 0.416 e. The smallest absolute Gasteiger partial charge is 0.381 e. The average Bonchev–Trinajstić information content (AvgIpc) is 2.14. The Kier molecular flexibility index (Phi) is 4.02. The lowest BCUT2D eigenvalue weighted by molar-refractivity contribution is -0.137. The lowest BCUT2D eigenvalue weighted by atomic mass is 10.2. The van der Waals surface area contributed by atoms with Gasteiger partial charge in [0.2, 0.25) is 0 Å². The first-order valence-electron chi connectivity index (χ1n) is 4.55. The van der Waals surface area contributed by atoms with Crippen LogP contribution in [0.2, 0.25) is 0 Å². The Morgan fingerprint density at radius 3 is 2.44 bits per heavy atom. The highest BCUT2D eigenvalue weighted by Gasteiger charge is 2.31. The summed E-state index contributed by atoms with van der Waals surface area (Å²) < 4.78 is 49.8. The first kappa shape index (κ1) is 13.1. The van der Waals surface area contributed by atoms with Gasteiger partial charge in [-0.3, -0.25) is 0 Å². The first-order valence-corrected chi connectivity index (χ1v) is 4.99. The van der Waals surface area contributed by atoms with Gasteiger partial charge in [0.05, 0.1) is 11.3 Å². The SMILES string of the molecule is CC(Cl)CNc1ccc(C(F)(F)F)cc1F. The van der Waals surface area contributed by atoms with Crippen molar-refractivity contribution >= 4 is 17.3 Å². The number of anilines is 1. The Morgan fingerprint density at radius 1 is 1.38 bits per heavy atom. The second-order valence-electron chi connectivity index (χ2n) is 3.35. The zero-order valence-electron chi connectivity index (χ0n) is 8.41. The van der Waals surface area contributed by atoms with E-state index in [1.54, 1.807) is 6.92 Å². The summed E-state index contributed by atoms with van der Waals surface area (Å²) in [5, 5.41) is 2.38. The maximum absolute atomic E-state index is 13.2. The van der Waals surface area contributed by atoms with Gasteiger partial charge in [0.1, 0.15) is 5.82 Å². The predicted octanol–water partition coefficient (Wildman–Crippen LogP) is 3.88. The molecule has 0 aliphatic heterocycles. The molecule has 0 amide bonds. The van der Waals surface area contributed by atoms with Crippen molar-refractivity contribution in [2.75, 3.05) is 11.9 Å². The van der Waals surface area contributed by atoms with Gasteiger partial charge in [0.25, 0.3) is 0 Å². The fraction of sp³-hybridized carbons (Fsp3) is 0.400. The molecule has 1 nitrogen and oxygen atoms in total. The summed E-state index contributed by atoms with van der Waals surface area (Å²) in [6, 6.07) is 2.34. The van der Waals surface area contributed by atoms with E-state index >= 15 is 0 Å². The number of alkyl halides is 4. The molecule has 6 heteroatoms. The van der Waals surface area contributed by atoms with Gasteiger partial charge in [-0.2, -0.15) is 13.2 Å². The minimum atomic E-state index is -4.53. The van der Waals surface area contributed by atoms with E-state index in [-0.39, 0.29) is 17.6 Å². The Labute approximate surface area is 95.4 Å². The Morgan fingerprint density at radius 2 is 2.00 bits per heavy atom. The summed E-state index contributed by atoms with van der Waals surface area (Å²) in [5.74, 6) is -0.938. The van der Waals surface area contributed by atoms with Crippen LogP contribution in [0.4, 0.5) is 23.2 Å². The Bertz CT molecular complexity index is 362. The second kappa shape index (κ2) is 4.91. The molecule has 1 atom stereocenters. The maximum atomic E-state index is 13.2. The van der Waals surface area contributed by atoms with Crippen molar-refractivity contribution in [2.45, 2.75) is 18.5 Å². The Hall–Kier alpha value is -0.970. The molecule has 0 spiro atoms. The molecule has 0 fully saturated rings. The fourth-order valence-electron chi connectivity index (χ4n) is 1.09. The normalized spacial score (nSPS) is 13.6. The van der Waals surface area contributed by atoms with E-state index < -0.39 is 17.6 Å². The number of hydrogen-bond acceptors (Lipinski definition) is 1. The predicted molar refractivity (Wildman–Crippen MR) is 55.2 cm³/mol. The molecule has 0 bridgehead atoms. The second-order valence-corrected chi connectivity index (χ2v) is 4.10. The lowest BCUT2D eigenvalue weighted by Crippen LogP contribution is -2.12. The van der Waals surface area contributed by atoms with E-state index in [0.717, 1.165) is 12.1 Å². The van der Waals surface area contributed by atoms with Gasteiger partial charge < -0.3 is 5.32 Å². The van der Waals surface area contributed by atoms with Gasteiger partial charge in [0.15, 0.2) is 0 Å². The summed E-state index contributed by atoms with van der Waals surface area (Å²) in [6.07, 6.45) is -4.53. The molecule has 0 saturated heterocycles. The molecule has 0 aromatic heterocycles. The van der Waals surface area contributed by atoms with Gasteiger partial charge in [-0.1, -0.05) is 0 Å². The molecule has 1 unspecified atom stereocenters. The lowest BCUT2D eigenvalue weighted by Gasteiger charge is -2.11. The van der Waals surface area contributed by atoms with Crippen molar-refractivity contribution < 1.29 is 17.6 Å². The zero-order chi connectivity index (χ0) is 12.3. The van der Waals surface area contributed by atoms with Crippen molar-refractivity contribution in [1.82, 2.24) is 0 Å².